The normalized spacial score (nSPS) is 20.3. The third kappa shape index (κ3) is 30.5. The zero-order chi connectivity index (χ0) is 52.2. The number of nitrogens with zero attached hydrogens (tertiary/aromatic N) is 2. The van der Waals surface area contributed by atoms with Crippen LogP contribution in [0.2, 0.25) is 0 Å². The Hall–Kier alpha value is -4.10. The lowest BCUT2D eigenvalue weighted by atomic mass is 10.1. The fourth-order valence-electron chi connectivity index (χ4n) is 6.64. The van der Waals surface area contributed by atoms with E-state index in [1.807, 2.05) is 43.4 Å². The van der Waals surface area contributed by atoms with Crippen LogP contribution in [0.25, 0.3) is 0 Å². The highest BCUT2D eigenvalue weighted by molar-refractivity contribution is 7.61. The van der Waals surface area contributed by atoms with Gasteiger partial charge in [-0.3, -0.25) is 23.2 Å². The second-order valence-corrected chi connectivity index (χ2v) is 19.9. The van der Waals surface area contributed by atoms with Crippen molar-refractivity contribution in [3.63, 3.8) is 0 Å². The summed E-state index contributed by atoms with van der Waals surface area (Å²) in [4.78, 5) is 61.8. The maximum Gasteiger partial charge on any atom is 0.481 e. The maximum absolute atomic E-state index is 12.8. The minimum Gasteiger partial charge on any atom is -0.462 e. The lowest BCUT2D eigenvalue weighted by molar-refractivity contribution is -0.161. The standard InChI is InChI=1S/C50H79N3O16P2/c1-3-5-6-7-8-9-10-11-12-17-20-23-26-29-32-35-46(56)67-42(38-64-45(55)34-31-28-25-22-19-16-14-13-15-18-21-24-27-30-33-41(54)4-2)39-65-70(60,61)69-71(62,63)66-40-43-47(57)48(58)49(68-43)53-37-36-44(51)52-50(53)59/h9-12,14-16,18,22,24-25,27,30,33,36-37,41-43,47-49,54,57-58H,3-8,13,17,19-21,23,26,28-29,31-32,34-35,38-40H2,1-2H3,(H,60,61)(H,62,63)(H2,51,52,59)/b10-9-,12-11-,16-14-,18-15-,25-22-,27-24-,33-30+/t41-,42+,43+,47+,48+,49+/m0/s1. The topological polar surface area (TPSA) is 286 Å². The predicted octanol–water partition coefficient (Wildman–Crippen LogP) is 8.86. The van der Waals surface area contributed by atoms with E-state index in [1.165, 1.54) is 31.7 Å². The first-order chi connectivity index (χ1) is 34.1. The van der Waals surface area contributed by atoms with Crippen LogP contribution in [-0.2, 0) is 46.3 Å². The lowest BCUT2D eigenvalue weighted by Gasteiger charge is -2.21. The average molecular weight is 1040 g/mol. The van der Waals surface area contributed by atoms with Gasteiger partial charge in [0, 0.05) is 19.0 Å². The van der Waals surface area contributed by atoms with Crippen molar-refractivity contribution in [1.82, 2.24) is 9.55 Å². The number of aromatic nitrogens is 2. The molecule has 1 fully saturated rings. The van der Waals surface area contributed by atoms with Gasteiger partial charge in [0.1, 0.15) is 30.7 Å². The molecule has 1 saturated heterocycles. The van der Waals surface area contributed by atoms with Gasteiger partial charge in [0.25, 0.3) is 0 Å². The molecule has 0 aliphatic carbocycles. The summed E-state index contributed by atoms with van der Waals surface area (Å²) in [6.45, 7) is 1.71. The number of hydrogen-bond acceptors (Lipinski definition) is 16. The smallest absolute Gasteiger partial charge is 0.462 e. The Morgan fingerprint density at radius 1 is 0.746 bits per heavy atom. The van der Waals surface area contributed by atoms with Gasteiger partial charge in [0.15, 0.2) is 12.3 Å². The molecule has 2 heterocycles. The second kappa shape index (κ2) is 37.6. The molecule has 2 unspecified atom stereocenters. The predicted molar refractivity (Wildman–Crippen MR) is 271 cm³/mol. The number of phosphoric acid groups is 2. The molecule has 0 amide bonds. The summed E-state index contributed by atoms with van der Waals surface area (Å²) in [7, 11) is -10.9. The van der Waals surface area contributed by atoms with Gasteiger partial charge >= 0.3 is 33.3 Å². The quantitative estimate of drug-likeness (QED) is 0.0118. The molecule has 8 atom stereocenters. The maximum atomic E-state index is 12.8. The minimum atomic E-state index is -5.45. The molecular weight excluding hydrogens is 961 g/mol. The average Bonchev–Trinajstić information content (AvgIpc) is 3.61. The summed E-state index contributed by atoms with van der Waals surface area (Å²) in [5.74, 6) is -1.42. The number of unbranched alkanes of at least 4 members (excludes halogenated alkanes) is 10. The molecular formula is C50H79N3O16P2. The first-order valence-corrected chi connectivity index (χ1v) is 27.7. The number of esters is 2. The molecule has 1 aliphatic heterocycles. The summed E-state index contributed by atoms with van der Waals surface area (Å²) < 4.78 is 56.6. The van der Waals surface area contributed by atoms with Crippen molar-refractivity contribution in [3.05, 3.63) is 108 Å². The highest BCUT2D eigenvalue weighted by Gasteiger charge is 2.46. The van der Waals surface area contributed by atoms with Crippen molar-refractivity contribution in [2.75, 3.05) is 25.6 Å². The highest BCUT2D eigenvalue weighted by atomic mass is 31.3. The number of allylic oxidation sites excluding steroid dienone is 13. The first kappa shape index (κ1) is 63.0. The number of phosphoric ester groups is 2. The number of nitrogens with two attached hydrogens (primary N) is 1. The summed E-state index contributed by atoms with van der Waals surface area (Å²) in [6, 6.07) is 1.24. The number of aliphatic hydroxyl groups excluding tert-OH is 3. The number of aliphatic hydroxyl groups is 3. The van der Waals surface area contributed by atoms with Gasteiger partial charge in [-0.1, -0.05) is 137 Å². The molecule has 19 nitrogen and oxygen atoms in total. The number of hydrogen-bond donors (Lipinski definition) is 6. The summed E-state index contributed by atoms with van der Waals surface area (Å²) >= 11 is 0. The fraction of sp³-hybridized carbons (Fsp3) is 0.600. The summed E-state index contributed by atoms with van der Waals surface area (Å²) in [5.41, 5.74) is 4.57. The van der Waals surface area contributed by atoms with Gasteiger partial charge in [-0.2, -0.15) is 9.29 Å². The van der Waals surface area contributed by atoms with E-state index in [0.717, 1.165) is 68.6 Å². The minimum absolute atomic E-state index is 0.00853. The van der Waals surface area contributed by atoms with Gasteiger partial charge < -0.3 is 45.1 Å². The van der Waals surface area contributed by atoms with E-state index >= 15 is 0 Å². The molecule has 0 spiro atoms. The molecule has 21 heteroatoms. The number of rotatable bonds is 39. The van der Waals surface area contributed by atoms with E-state index in [-0.39, 0.29) is 18.7 Å². The first-order valence-electron chi connectivity index (χ1n) is 24.7. The monoisotopic (exact) mass is 1040 g/mol. The molecule has 400 valence electrons. The van der Waals surface area contributed by atoms with Crippen molar-refractivity contribution in [2.45, 2.75) is 173 Å². The van der Waals surface area contributed by atoms with Gasteiger partial charge in [0.05, 0.1) is 19.3 Å². The largest absolute Gasteiger partial charge is 0.481 e. The van der Waals surface area contributed by atoms with E-state index in [2.05, 4.69) is 58.8 Å². The van der Waals surface area contributed by atoms with E-state index in [4.69, 9.17) is 29.0 Å². The zero-order valence-corrected chi connectivity index (χ0v) is 43.1. The SMILES string of the molecule is CCCCCC/C=C\C=C/CCCCCCCC(=O)O[C@H](COC(=O)CCC/C=C\C/C=C\C/C=C\C/C=C\C=C\[C@@H](O)CC)COP(=O)(O)OP(=O)(O)OC[C@H]1O[C@@H](n2ccc(N)nc2=O)[C@H](O)[C@@H]1O. The number of carbonyl (C=O) groups excluding carboxylic acids is 2. The van der Waals surface area contributed by atoms with Crippen molar-refractivity contribution in [1.29, 1.82) is 0 Å². The molecule has 2 rings (SSSR count). The Morgan fingerprint density at radius 3 is 1.99 bits per heavy atom. The van der Waals surface area contributed by atoms with Gasteiger partial charge in [-0.25, -0.2) is 13.9 Å². The Bertz CT molecular complexity index is 2040. The molecule has 71 heavy (non-hydrogen) atoms. The number of carbonyl (C=O) groups is 2. The molecule has 0 saturated carbocycles. The van der Waals surface area contributed by atoms with Crippen molar-refractivity contribution in [2.24, 2.45) is 0 Å². The van der Waals surface area contributed by atoms with Crippen LogP contribution in [0.3, 0.4) is 0 Å². The van der Waals surface area contributed by atoms with Crippen LogP contribution in [0, 0.1) is 0 Å². The number of ether oxygens (including phenoxy) is 3. The van der Waals surface area contributed by atoms with Crippen LogP contribution in [0.1, 0.15) is 142 Å². The van der Waals surface area contributed by atoms with E-state index in [9.17, 15) is 48.6 Å². The van der Waals surface area contributed by atoms with Crippen LogP contribution >= 0.6 is 15.6 Å². The van der Waals surface area contributed by atoms with Crippen molar-refractivity contribution in [3.8, 4) is 0 Å². The molecule has 7 N–H and O–H groups in total. The van der Waals surface area contributed by atoms with Crippen LogP contribution in [-0.4, -0.2) is 96.9 Å². The molecule has 1 aromatic rings. The van der Waals surface area contributed by atoms with E-state index in [1.54, 1.807) is 6.08 Å². The third-order valence-corrected chi connectivity index (χ3v) is 13.3. The lowest BCUT2D eigenvalue weighted by Crippen LogP contribution is -2.36. The number of anilines is 1. The molecule has 0 aromatic carbocycles. The molecule has 0 radical (unpaired) electrons. The Morgan fingerprint density at radius 2 is 1.32 bits per heavy atom. The van der Waals surface area contributed by atoms with Gasteiger partial charge in [-0.05, 0) is 76.7 Å². The van der Waals surface area contributed by atoms with Crippen molar-refractivity contribution >= 4 is 33.4 Å². The van der Waals surface area contributed by atoms with E-state index < -0.39 is 89.8 Å². The van der Waals surface area contributed by atoms with Crippen LogP contribution in [0.5, 0.6) is 0 Å². The van der Waals surface area contributed by atoms with Crippen molar-refractivity contribution < 1.29 is 71.4 Å². The molecule has 0 bridgehead atoms. The molecule has 1 aliphatic rings. The zero-order valence-electron chi connectivity index (χ0n) is 41.4. The molecule has 1 aromatic heterocycles. The fourth-order valence-corrected chi connectivity index (χ4v) is 8.75. The Kier molecular flexibility index (Phi) is 33.4. The summed E-state index contributed by atoms with van der Waals surface area (Å²) in [6.07, 6.45) is 36.2. The summed E-state index contributed by atoms with van der Waals surface area (Å²) in [5, 5.41) is 30.4. The van der Waals surface area contributed by atoms with Gasteiger partial charge in [-0.15, -0.1) is 0 Å². The Balaban J connectivity index is 1.85. The number of nitrogen functional groups attached to an aromatic ring is 1. The second-order valence-electron chi connectivity index (χ2n) is 16.8. The van der Waals surface area contributed by atoms with Gasteiger partial charge in [0.2, 0.25) is 0 Å². The third-order valence-electron chi connectivity index (χ3n) is 10.6. The van der Waals surface area contributed by atoms with Crippen LogP contribution in [0.15, 0.2) is 102 Å². The van der Waals surface area contributed by atoms with Crippen LogP contribution in [0.4, 0.5) is 5.82 Å². The van der Waals surface area contributed by atoms with Crippen LogP contribution < -0.4 is 11.4 Å². The highest BCUT2D eigenvalue weighted by Crippen LogP contribution is 2.60. The van der Waals surface area contributed by atoms with E-state index in [0.29, 0.717) is 25.7 Å². The Labute approximate surface area is 419 Å².